The van der Waals surface area contributed by atoms with Crippen molar-refractivity contribution in [1.29, 1.82) is 0 Å². The predicted octanol–water partition coefficient (Wildman–Crippen LogP) is 2.92. The fraction of sp³-hybridized carbons (Fsp3) is 0.704. The predicted molar refractivity (Wildman–Crippen MR) is 139 cm³/mol. The van der Waals surface area contributed by atoms with Gasteiger partial charge >= 0.3 is 0 Å². The number of hydrogen-bond acceptors (Lipinski definition) is 5. The van der Waals surface area contributed by atoms with Gasteiger partial charge in [0.25, 0.3) is 5.91 Å². The van der Waals surface area contributed by atoms with Gasteiger partial charge in [-0.05, 0) is 64.0 Å². The third-order valence-corrected chi connectivity index (χ3v) is 6.77. The number of carbonyl (C=O) groups excluding carboxylic acids is 2. The van der Waals surface area contributed by atoms with Crippen LogP contribution in [-0.2, 0) is 4.79 Å². The Morgan fingerprint density at radius 3 is 2.26 bits per heavy atom. The molecule has 2 aliphatic rings. The number of para-hydroxylation sites is 1. The number of hydrogen-bond donors (Lipinski definition) is 1. The molecule has 2 saturated heterocycles. The monoisotopic (exact) mass is 471 g/mol. The number of anilines is 1. The van der Waals surface area contributed by atoms with Gasteiger partial charge in [0.05, 0.1) is 5.56 Å². The first-order valence-corrected chi connectivity index (χ1v) is 12.9. The van der Waals surface area contributed by atoms with Gasteiger partial charge in [-0.3, -0.25) is 14.5 Å². The summed E-state index contributed by atoms with van der Waals surface area (Å²) in [5.41, 5.74) is 1.83. The van der Waals surface area contributed by atoms with E-state index in [9.17, 15) is 9.59 Å². The highest BCUT2D eigenvalue weighted by Gasteiger charge is 2.28. The smallest absolute Gasteiger partial charge is 0.256 e. The Balaban J connectivity index is 1.52. The van der Waals surface area contributed by atoms with Crippen LogP contribution < -0.4 is 10.2 Å². The first-order valence-electron chi connectivity index (χ1n) is 12.9. The molecule has 7 heteroatoms. The summed E-state index contributed by atoms with van der Waals surface area (Å²) in [4.78, 5) is 34.8. The van der Waals surface area contributed by atoms with Crippen molar-refractivity contribution in [3.63, 3.8) is 0 Å². The molecule has 0 spiro atoms. The summed E-state index contributed by atoms with van der Waals surface area (Å²) in [7, 11) is 4.22. The molecular weight excluding hydrogens is 426 g/mol. The largest absolute Gasteiger partial charge is 0.371 e. The zero-order valence-corrected chi connectivity index (χ0v) is 22.0. The molecule has 0 aliphatic carbocycles. The first-order chi connectivity index (χ1) is 16.1. The van der Waals surface area contributed by atoms with Crippen LogP contribution in [0.4, 0.5) is 5.69 Å². The number of piperidine rings is 1. The van der Waals surface area contributed by atoms with Crippen LogP contribution in [0.15, 0.2) is 24.3 Å². The Labute approximate surface area is 206 Å². The lowest BCUT2D eigenvalue weighted by Gasteiger charge is -2.37. The van der Waals surface area contributed by atoms with E-state index in [-0.39, 0.29) is 23.3 Å². The summed E-state index contributed by atoms with van der Waals surface area (Å²) in [5.74, 6) is 0.284. The quantitative estimate of drug-likeness (QED) is 0.632. The standard InChI is InChI=1S/C27H45N5O2/c1-27(2,3)21-25(33)28-22-11-15-31(16-12-22)24-10-7-6-9-23(24)26(34)32-19-17-30(18-20-32)14-8-13-29(4)5/h6-7,9-10,22H,8,11-21H2,1-5H3,(H,28,33). The Kier molecular flexibility index (Phi) is 9.37. The van der Waals surface area contributed by atoms with E-state index in [1.807, 2.05) is 23.1 Å². The highest BCUT2D eigenvalue weighted by atomic mass is 16.2. The summed E-state index contributed by atoms with van der Waals surface area (Å²) in [5, 5.41) is 3.21. The molecule has 2 heterocycles. The van der Waals surface area contributed by atoms with Crippen molar-refractivity contribution >= 4 is 17.5 Å². The molecule has 190 valence electrons. The minimum atomic E-state index is 0.00178. The van der Waals surface area contributed by atoms with E-state index in [1.54, 1.807) is 0 Å². The van der Waals surface area contributed by atoms with E-state index in [2.05, 4.69) is 60.9 Å². The van der Waals surface area contributed by atoms with E-state index in [0.29, 0.717) is 6.42 Å². The van der Waals surface area contributed by atoms with Crippen LogP contribution in [0.5, 0.6) is 0 Å². The molecule has 1 N–H and O–H groups in total. The summed E-state index contributed by atoms with van der Waals surface area (Å²) in [6, 6.07) is 8.25. The Bertz CT molecular complexity index is 803. The second-order valence-corrected chi connectivity index (χ2v) is 11.4. The van der Waals surface area contributed by atoms with E-state index in [0.717, 1.165) is 82.9 Å². The molecule has 1 aromatic rings. The van der Waals surface area contributed by atoms with Gasteiger partial charge in [-0.25, -0.2) is 0 Å². The van der Waals surface area contributed by atoms with Crippen molar-refractivity contribution in [2.45, 2.75) is 52.5 Å². The van der Waals surface area contributed by atoms with Gasteiger partial charge in [0.2, 0.25) is 5.91 Å². The number of rotatable bonds is 8. The fourth-order valence-electron chi connectivity index (χ4n) is 4.91. The molecule has 0 aromatic heterocycles. The number of nitrogens with zero attached hydrogens (tertiary/aromatic N) is 4. The molecule has 0 radical (unpaired) electrons. The van der Waals surface area contributed by atoms with Gasteiger partial charge in [-0.1, -0.05) is 32.9 Å². The second kappa shape index (κ2) is 12.0. The van der Waals surface area contributed by atoms with Crippen molar-refractivity contribution in [3.8, 4) is 0 Å². The molecule has 2 amide bonds. The summed E-state index contributed by atoms with van der Waals surface area (Å²) in [6.07, 6.45) is 3.53. The van der Waals surface area contributed by atoms with Gasteiger partial charge in [-0.2, -0.15) is 0 Å². The molecule has 2 fully saturated rings. The van der Waals surface area contributed by atoms with Crippen molar-refractivity contribution in [3.05, 3.63) is 29.8 Å². The topological polar surface area (TPSA) is 59.1 Å². The molecule has 7 nitrogen and oxygen atoms in total. The second-order valence-electron chi connectivity index (χ2n) is 11.4. The SMILES string of the molecule is CN(C)CCCN1CCN(C(=O)c2ccccc2N2CCC(NC(=O)CC(C)(C)C)CC2)CC1. The van der Waals surface area contributed by atoms with Gasteiger partial charge in [0.15, 0.2) is 0 Å². The third kappa shape index (κ3) is 7.98. The minimum Gasteiger partial charge on any atom is -0.371 e. The summed E-state index contributed by atoms with van der Waals surface area (Å²) >= 11 is 0. The molecule has 2 aliphatic heterocycles. The lowest BCUT2D eigenvalue weighted by atomic mass is 9.91. The first kappa shape index (κ1) is 26.5. The summed E-state index contributed by atoms with van der Waals surface area (Å²) in [6.45, 7) is 13.6. The Hall–Kier alpha value is -2.12. The van der Waals surface area contributed by atoms with Crippen molar-refractivity contribution in [2.24, 2.45) is 5.41 Å². The number of amides is 2. The van der Waals surface area contributed by atoms with E-state index in [4.69, 9.17) is 0 Å². The normalized spacial score (nSPS) is 18.4. The maximum Gasteiger partial charge on any atom is 0.256 e. The van der Waals surface area contributed by atoms with E-state index in [1.165, 1.54) is 0 Å². The molecule has 0 unspecified atom stereocenters. The molecule has 3 rings (SSSR count). The Morgan fingerprint density at radius 1 is 1.00 bits per heavy atom. The average molecular weight is 472 g/mol. The van der Waals surface area contributed by atoms with Gasteiger partial charge in [0, 0.05) is 57.4 Å². The van der Waals surface area contributed by atoms with Gasteiger partial charge < -0.3 is 20.0 Å². The molecular formula is C27H45N5O2. The van der Waals surface area contributed by atoms with Gasteiger partial charge in [0.1, 0.15) is 0 Å². The highest BCUT2D eigenvalue weighted by Crippen LogP contribution is 2.26. The fourth-order valence-corrected chi connectivity index (χ4v) is 4.91. The van der Waals surface area contributed by atoms with E-state index >= 15 is 0 Å². The molecule has 0 atom stereocenters. The molecule has 0 bridgehead atoms. The van der Waals surface area contributed by atoms with Crippen LogP contribution >= 0.6 is 0 Å². The lowest BCUT2D eigenvalue weighted by Crippen LogP contribution is -2.49. The molecule has 0 saturated carbocycles. The summed E-state index contributed by atoms with van der Waals surface area (Å²) < 4.78 is 0. The number of benzene rings is 1. The van der Waals surface area contributed by atoms with Gasteiger partial charge in [-0.15, -0.1) is 0 Å². The van der Waals surface area contributed by atoms with Crippen LogP contribution in [0.3, 0.4) is 0 Å². The zero-order chi connectivity index (χ0) is 24.7. The van der Waals surface area contributed by atoms with E-state index < -0.39 is 0 Å². The third-order valence-electron chi connectivity index (χ3n) is 6.77. The number of nitrogens with one attached hydrogen (secondary N) is 1. The van der Waals surface area contributed by atoms with Crippen LogP contribution in [0.2, 0.25) is 0 Å². The zero-order valence-electron chi connectivity index (χ0n) is 22.0. The highest BCUT2D eigenvalue weighted by molar-refractivity contribution is 6.00. The lowest BCUT2D eigenvalue weighted by molar-refractivity contribution is -0.123. The maximum atomic E-state index is 13.4. The van der Waals surface area contributed by atoms with Crippen molar-refractivity contribution < 1.29 is 9.59 Å². The van der Waals surface area contributed by atoms with Crippen molar-refractivity contribution in [1.82, 2.24) is 20.0 Å². The maximum absolute atomic E-state index is 13.4. The van der Waals surface area contributed by atoms with Crippen LogP contribution in [0, 0.1) is 5.41 Å². The van der Waals surface area contributed by atoms with Crippen LogP contribution in [0.25, 0.3) is 0 Å². The minimum absolute atomic E-state index is 0.00178. The van der Waals surface area contributed by atoms with Crippen LogP contribution in [-0.4, -0.2) is 99.0 Å². The van der Waals surface area contributed by atoms with Crippen molar-refractivity contribution in [2.75, 3.05) is 71.4 Å². The molecule has 34 heavy (non-hydrogen) atoms. The number of piperazine rings is 1. The molecule has 1 aromatic carbocycles. The number of carbonyl (C=O) groups is 2. The van der Waals surface area contributed by atoms with Crippen LogP contribution in [0.1, 0.15) is 56.8 Å². The Morgan fingerprint density at radius 2 is 1.65 bits per heavy atom. The average Bonchev–Trinajstić information content (AvgIpc) is 2.78.